The molecule has 15 heavy (non-hydrogen) atoms. The molecule has 1 aliphatic rings. The maximum atomic E-state index is 10.4. The Morgan fingerprint density at radius 1 is 1.40 bits per heavy atom. The van der Waals surface area contributed by atoms with Crippen LogP contribution >= 0.6 is 11.8 Å². The van der Waals surface area contributed by atoms with Gasteiger partial charge in [-0.25, -0.2) is 0 Å². The first-order valence-corrected chi connectivity index (χ1v) is 6.64. The van der Waals surface area contributed by atoms with Crippen molar-refractivity contribution in [1.82, 2.24) is 4.90 Å². The highest BCUT2D eigenvalue weighted by Crippen LogP contribution is 2.10. The Labute approximate surface area is 95.2 Å². The summed E-state index contributed by atoms with van der Waals surface area (Å²) in [6.45, 7) is 3.47. The Morgan fingerprint density at radius 2 is 2.07 bits per heavy atom. The summed E-state index contributed by atoms with van der Waals surface area (Å²) in [7, 11) is 0. The van der Waals surface area contributed by atoms with Gasteiger partial charge in [-0.15, -0.1) is 0 Å². The largest absolute Gasteiger partial charge is 0.480 e. The number of piperidine rings is 1. The molecule has 0 saturated carbocycles. The van der Waals surface area contributed by atoms with Gasteiger partial charge in [0.2, 0.25) is 0 Å². The van der Waals surface area contributed by atoms with Crippen LogP contribution in [0.1, 0.15) is 19.3 Å². The van der Waals surface area contributed by atoms with E-state index in [9.17, 15) is 4.79 Å². The van der Waals surface area contributed by atoms with E-state index < -0.39 is 12.0 Å². The molecule has 0 amide bonds. The number of carbonyl (C=O) groups is 1. The number of likely N-dealkylation sites (tertiary alicyclic amines) is 1. The smallest absolute Gasteiger partial charge is 0.321 e. The molecule has 0 spiro atoms. The predicted molar refractivity (Wildman–Crippen MR) is 63.2 cm³/mol. The molecule has 1 saturated heterocycles. The summed E-state index contributed by atoms with van der Waals surface area (Å²) < 4.78 is 0. The van der Waals surface area contributed by atoms with Crippen LogP contribution in [0.5, 0.6) is 0 Å². The van der Waals surface area contributed by atoms with Crippen LogP contribution in [0, 0.1) is 0 Å². The quantitative estimate of drug-likeness (QED) is 0.657. The zero-order valence-electron chi connectivity index (χ0n) is 9.02. The van der Waals surface area contributed by atoms with Crippen LogP contribution in [0.3, 0.4) is 0 Å². The second-order valence-electron chi connectivity index (χ2n) is 3.92. The van der Waals surface area contributed by atoms with Crippen molar-refractivity contribution in [3.8, 4) is 0 Å². The second kappa shape index (κ2) is 7.09. The van der Waals surface area contributed by atoms with Gasteiger partial charge in [-0.05, 0) is 25.9 Å². The number of hydrogen-bond acceptors (Lipinski definition) is 4. The fraction of sp³-hybridized carbons (Fsp3) is 0.900. The molecule has 1 atom stereocenters. The molecule has 0 unspecified atom stereocenters. The van der Waals surface area contributed by atoms with Gasteiger partial charge in [0.15, 0.2) is 0 Å². The van der Waals surface area contributed by atoms with Gasteiger partial charge in [-0.3, -0.25) is 4.79 Å². The molecule has 1 heterocycles. The normalized spacial score (nSPS) is 20.1. The zero-order chi connectivity index (χ0) is 11.1. The van der Waals surface area contributed by atoms with E-state index >= 15 is 0 Å². The van der Waals surface area contributed by atoms with Crippen molar-refractivity contribution >= 4 is 17.7 Å². The number of thioether (sulfide) groups is 1. The first-order valence-electron chi connectivity index (χ1n) is 5.48. The lowest BCUT2D eigenvalue weighted by molar-refractivity contribution is -0.137. The van der Waals surface area contributed by atoms with Crippen molar-refractivity contribution in [2.45, 2.75) is 25.3 Å². The average molecular weight is 232 g/mol. The van der Waals surface area contributed by atoms with Crippen LogP contribution in [0.4, 0.5) is 0 Å². The number of carboxylic acid groups (broad SMARTS) is 1. The first kappa shape index (κ1) is 12.8. The lowest BCUT2D eigenvalue weighted by Crippen LogP contribution is -2.34. The zero-order valence-corrected chi connectivity index (χ0v) is 9.84. The lowest BCUT2D eigenvalue weighted by Gasteiger charge is -2.26. The highest BCUT2D eigenvalue weighted by Gasteiger charge is 2.12. The molecular formula is C10H20N2O2S. The SMILES string of the molecule is N[C@H](CSCCN1CCCCC1)C(=O)O. The van der Waals surface area contributed by atoms with Crippen LogP contribution < -0.4 is 5.73 Å². The summed E-state index contributed by atoms with van der Waals surface area (Å²) in [6, 6.07) is -0.712. The van der Waals surface area contributed by atoms with Crippen LogP contribution in [-0.2, 0) is 4.79 Å². The Kier molecular flexibility index (Phi) is 6.05. The lowest BCUT2D eigenvalue weighted by atomic mass is 10.1. The van der Waals surface area contributed by atoms with E-state index in [-0.39, 0.29) is 0 Å². The molecule has 0 radical (unpaired) electrons. The van der Waals surface area contributed by atoms with Crippen LogP contribution in [0.25, 0.3) is 0 Å². The first-order chi connectivity index (χ1) is 7.20. The molecule has 3 N–H and O–H groups in total. The molecule has 1 fully saturated rings. The molecule has 4 nitrogen and oxygen atoms in total. The van der Waals surface area contributed by atoms with Crippen molar-refractivity contribution in [2.24, 2.45) is 5.73 Å². The maximum absolute atomic E-state index is 10.4. The fourth-order valence-electron chi connectivity index (χ4n) is 1.66. The molecule has 1 rings (SSSR count). The Balaban J connectivity index is 1.98. The molecule has 0 aromatic rings. The standard InChI is InChI=1S/C10H20N2O2S/c11-9(10(13)14)8-15-7-6-12-4-2-1-3-5-12/h9H,1-8,11H2,(H,13,14)/t9-/m1/s1. The van der Waals surface area contributed by atoms with Gasteiger partial charge in [-0.1, -0.05) is 6.42 Å². The molecule has 88 valence electrons. The van der Waals surface area contributed by atoms with E-state index in [2.05, 4.69) is 4.90 Å². The summed E-state index contributed by atoms with van der Waals surface area (Å²) >= 11 is 1.64. The number of carboxylic acids is 1. The van der Waals surface area contributed by atoms with Crippen molar-refractivity contribution in [2.75, 3.05) is 31.1 Å². The van der Waals surface area contributed by atoms with Gasteiger partial charge in [0, 0.05) is 18.1 Å². The Bertz CT molecular complexity index is 196. The van der Waals surface area contributed by atoms with Gasteiger partial charge in [0.05, 0.1) is 0 Å². The van der Waals surface area contributed by atoms with Crippen LogP contribution in [-0.4, -0.2) is 53.2 Å². The Hall–Kier alpha value is -0.260. The molecule has 0 bridgehead atoms. The average Bonchev–Trinajstić information content (AvgIpc) is 2.25. The number of rotatable bonds is 6. The summed E-state index contributed by atoms with van der Waals surface area (Å²) in [5, 5.41) is 8.58. The molecule has 0 aromatic carbocycles. The van der Waals surface area contributed by atoms with Gasteiger partial charge in [-0.2, -0.15) is 11.8 Å². The minimum absolute atomic E-state index is 0.517. The van der Waals surface area contributed by atoms with E-state index in [0.717, 1.165) is 12.3 Å². The van der Waals surface area contributed by atoms with E-state index in [1.54, 1.807) is 11.8 Å². The van der Waals surface area contributed by atoms with E-state index in [1.807, 2.05) is 0 Å². The van der Waals surface area contributed by atoms with Crippen molar-refractivity contribution in [3.05, 3.63) is 0 Å². The highest BCUT2D eigenvalue weighted by atomic mass is 32.2. The highest BCUT2D eigenvalue weighted by molar-refractivity contribution is 7.99. The Morgan fingerprint density at radius 3 is 2.67 bits per heavy atom. The molecular weight excluding hydrogens is 212 g/mol. The summed E-state index contributed by atoms with van der Waals surface area (Å²) in [4.78, 5) is 12.9. The molecule has 0 aromatic heterocycles. The topological polar surface area (TPSA) is 66.6 Å². The number of nitrogens with two attached hydrogens (primary N) is 1. The van der Waals surface area contributed by atoms with Gasteiger partial charge in [0.25, 0.3) is 0 Å². The third-order valence-electron chi connectivity index (χ3n) is 2.62. The van der Waals surface area contributed by atoms with Crippen LogP contribution in [0.2, 0.25) is 0 Å². The minimum atomic E-state index is -0.902. The second-order valence-corrected chi connectivity index (χ2v) is 5.07. The molecule has 0 aliphatic carbocycles. The fourth-order valence-corrected chi connectivity index (χ4v) is 2.61. The summed E-state index contributed by atoms with van der Waals surface area (Å²) in [5.74, 6) is 0.602. The van der Waals surface area contributed by atoms with Gasteiger partial charge < -0.3 is 15.7 Å². The summed E-state index contributed by atoms with van der Waals surface area (Å²) in [6.07, 6.45) is 3.96. The maximum Gasteiger partial charge on any atom is 0.321 e. The summed E-state index contributed by atoms with van der Waals surface area (Å²) in [5.41, 5.74) is 5.40. The van der Waals surface area contributed by atoms with E-state index in [1.165, 1.54) is 32.4 Å². The van der Waals surface area contributed by atoms with E-state index in [0.29, 0.717) is 5.75 Å². The third kappa shape index (κ3) is 5.39. The third-order valence-corrected chi connectivity index (χ3v) is 3.68. The van der Waals surface area contributed by atoms with Crippen LogP contribution in [0.15, 0.2) is 0 Å². The number of nitrogens with zero attached hydrogens (tertiary/aromatic N) is 1. The molecule has 5 heteroatoms. The van der Waals surface area contributed by atoms with Gasteiger partial charge in [0.1, 0.15) is 6.04 Å². The van der Waals surface area contributed by atoms with Crippen molar-refractivity contribution in [1.29, 1.82) is 0 Å². The predicted octanol–water partition coefficient (Wildman–Crippen LogP) is 0.617. The monoisotopic (exact) mass is 232 g/mol. The minimum Gasteiger partial charge on any atom is -0.480 e. The van der Waals surface area contributed by atoms with Gasteiger partial charge >= 0.3 is 5.97 Å². The molecule has 1 aliphatic heterocycles. The van der Waals surface area contributed by atoms with E-state index in [4.69, 9.17) is 10.8 Å². The number of hydrogen-bond donors (Lipinski definition) is 2. The number of aliphatic carboxylic acids is 1. The van der Waals surface area contributed by atoms with Crippen molar-refractivity contribution < 1.29 is 9.90 Å². The van der Waals surface area contributed by atoms with Crippen molar-refractivity contribution in [3.63, 3.8) is 0 Å².